The van der Waals surface area contributed by atoms with E-state index in [1.165, 1.54) is 16.8 Å². The highest BCUT2D eigenvalue weighted by Crippen LogP contribution is 2.24. The lowest BCUT2D eigenvalue weighted by Crippen LogP contribution is -2.46. The number of halogens is 2. The van der Waals surface area contributed by atoms with Crippen LogP contribution in [0, 0.1) is 12.7 Å². The zero-order valence-electron chi connectivity index (χ0n) is 14.9. The highest BCUT2D eigenvalue weighted by Gasteiger charge is 2.26. The van der Waals surface area contributed by atoms with Gasteiger partial charge in [-0.25, -0.2) is 9.07 Å². The van der Waals surface area contributed by atoms with Gasteiger partial charge in [-0.1, -0.05) is 11.6 Å². The summed E-state index contributed by atoms with van der Waals surface area (Å²) in [4.78, 5) is 25.7. The largest absolute Gasteiger partial charge is 0.369 e. The molecule has 2 aromatic rings. The van der Waals surface area contributed by atoms with Gasteiger partial charge < -0.3 is 11.1 Å². The number of aromatic nitrogens is 2. The Morgan fingerprint density at radius 1 is 1.30 bits per heavy atom. The van der Waals surface area contributed by atoms with Crippen molar-refractivity contribution in [3.05, 3.63) is 46.5 Å². The molecule has 0 aliphatic carbocycles. The second-order valence-corrected chi connectivity index (χ2v) is 6.99. The van der Waals surface area contributed by atoms with E-state index >= 15 is 0 Å². The fourth-order valence-electron chi connectivity index (χ4n) is 3.22. The van der Waals surface area contributed by atoms with Crippen LogP contribution in [0.2, 0.25) is 5.15 Å². The first-order chi connectivity index (χ1) is 12.8. The van der Waals surface area contributed by atoms with Crippen molar-refractivity contribution in [1.82, 2.24) is 20.0 Å². The van der Waals surface area contributed by atoms with Gasteiger partial charge in [0.05, 0.1) is 23.5 Å². The van der Waals surface area contributed by atoms with Crippen molar-refractivity contribution in [2.75, 3.05) is 19.6 Å². The zero-order valence-corrected chi connectivity index (χ0v) is 15.7. The van der Waals surface area contributed by atoms with Gasteiger partial charge in [0.2, 0.25) is 5.91 Å². The number of benzene rings is 1. The van der Waals surface area contributed by atoms with E-state index < -0.39 is 0 Å². The van der Waals surface area contributed by atoms with Crippen molar-refractivity contribution < 1.29 is 14.0 Å². The van der Waals surface area contributed by atoms with Crippen LogP contribution in [-0.2, 0) is 4.79 Å². The molecule has 0 atom stereocenters. The highest BCUT2D eigenvalue weighted by atomic mass is 35.5. The summed E-state index contributed by atoms with van der Waals surface area (Å²) in [6, 6.07) is 5.70. The van der Waals surface area contributed by atoms with E-state index in [0.717, 1.165) is 12.8 Å². The molecule has 0 saturated carbocycles. The number of nitrogens with two attached hydrogens (primary N) is 1. The predicted molar refractivity (Wildman–Crippen MR) is 99.4 cm³/mol. The third kappa shape index (κ3) is 4.45. The van der Waals surface area contributed by atoms with E-state index in [9.17, 15) is 14.0 Å². The number of nitrogens with zero attached hydrogens (tertiary/aromatic N) is 3. The van der Waals surface area contributed by atoms with Crippen molar-refractivity contribution in [2.24, 2.45) is 5.73 Å². The number of carbonyl (C=O) groups is 2. The van der Waals surface area contributed by atoms with E-state index in [-0.39, 0.29) is 35.4 Å². The van der Waals surface area contributed by atoms with Gasteiger partial charge in [0.15, 0.2) is 0 Å². The number of piperidine rings is 1. The number of rotatable bonds is 5. The normalized spacial score (nSPS) is 15.7. The Hall–Kier alpha value is -2.45. The Balaban J connectivity index is 1.69. The van der Waals surface area contributed by atoms with Crippen LogP contribution in [-0.4, -0.2) is 52.2 Å². The fourth-order valence-corrected chi connectivity index (χ4v) is 3.58. The van der Waals surface area contributed by atoms with E-state index in [1.807, 2.05) is 4.90 Å². The van der Waals surface area contributed by atoms with Gasteiger partial charge in [-0.15, -0.1) is 0 Å². The van der Waals surface area contributed by atoms with Crippen LogP contribution < -0.4 is 11.1 Å². The van der Waals surface area contributed by atoms with Crippen LogP contribution >= 0.6 is 11.6 Å². The molecule has 9 heteroatoms. The van der Waals surface area contributed by atoms with Crippen molar-refractivity contribution in [1.29, 1.82) is 0 Å². The van der Waals surface area contributed by atoms with Crippen molar-refractivity contribution in [2.45, 2.75) is 25.8 Å². The summed E-state index contributed by atoms with van der Waals surface area (Å²) in [5.41, 5.74) is 6.58. The monoisotopic (exact) mass is 393 g/mol. The van der Waals surface area contributed by atoms with E-state index in [0.29, 0.717) is 30.0 Å². The first kappa shape index (κ1) is 19.3. The Kier molecular flexibility index (Phi) is 5.76. The minimum absolute atomic E-state index is 0.00809. The fraction of sp³-hybridized carbons (Fsp3) is 0.389. The molecule has 0 spiro atoms. The molecular formula is C18H21ClFN5O2. The van der Waals surface area contributed by atoms with Crippen LogP contribution in [0.1, 0.15) is 28.9 Å². The molecule has 3 N–H and O–H groups in total. The van der Waals surface area contributed by atoms with Gasteiger partial charge >= 0.3 is 0 Å². The average Bonchev–Trinajstić information content (AvgIpc) is 2.91. The van der Waals surface area contributed by atoms with Crippen molar-refractivity contribution in [3.8, 4) is 5.69 Å². The maximum Gasteiger partial charge on any atom is 0.256 e. The minimum atomic E-state index is -0.362. The van der Waals surface area contributed by atoms with Gasteiger partial charge in [0.25, 0.3) is 5.91 Å². The van der Waals surface area contributed by atoms with Crippen LogP contribution in [0.15, 0.2) is 24.3 Å². The number of hydrogen-bond donors (Lipinski definition) is 2. The molecule has 1 aliphatic rings. The first-order valence-electron chi connectivity index (χ1n) is 8.67. The maximum absolute atomic E-state index is 13.1. The second-order valence-electron chi connectivity index (χ2n) is 6.63. The van der Waals surface area contributed by atoms with Crippen molar-refractivity contribution in [3.63, 3.8) is 0 Å². The number of amides is 2. The third-order valence-corrected chi connectivity index (χ3v) is 4.95. The lowest BCUT2D eigenvalue weighted by Gasteiger charge is -2.31. The predicted octanol–water partition coefficient (Wildman–Crippen LogP) is 1.65. The lowest BCUT2D eigenvalue weighted by atomic mass is 10.0. The molecule has 0 radical (unpaired) electrons. The minimum Gasteiger partial charge on any atom is -0.369 e. The quantitative estimate of drug-likeness (QED) is 0.807. The number of likely N-dealkylation sites (tertiary alicyclic amines) is 1. The van der Waals surface area contributed by atoms with Gasteiger partial charge in [-0.05, 0) is 44.0 Å². The Bertz CT molecular complexity index is 844. The molecule has 27 heavy (non-hydrogen) atoms. The molecule has 1 aromatic carbocycles. The number of nitrogens with one attached hydrogen (secondary N) is 1. The summed E-state index contributed by atoms with van der Waals surface area (Å²) >= 11 is 6.38. The molecule has 3 rings (SSSR count). The standard InChI is InChI=1S/C18H21ClFN5O2/c1-11-16(17(19)25(23-11)14-4-2-12(20)3-5-14)18(27)22-13-6-8-24(9-7-13)10-15(21)26/h2-5,13H,6-10H2,1H3,(H2,21,26)(H,22,27). The molecule has 144 valence electrons. The van der Waals surface area contributed by atoms with Crippen LogP contribution in [0.3, 0.4) is 0 Å². The Labute approximate surface area is 161 Å². The number of aryl methyl sites for hydroxylation is 1. The van der Waals surface area contributed by atoms with E-state index in [1.54, 1.807) is 19.1 Å². The van der Waals surface area contributed by atoms with E-state index in [4.69, 9.17) is 17.3 Å². The first-order valence-corrected chi connectivity index (χ1v) is 9.05. The molecule has 7 nitrogen and oxygen atoms in total. The number of carbonyl (C=O) groups excluding carboxylic acids is 2. The van der Waals surface area contributed by atoms with Crippen LogP contribution in [0.25, 0.3) is 5.69 Å². The maximum atomic E-state index is 13.1. The third-order valence-electron chi connectivity index (χ3n) is 4.60. The summed E-state index contributed by atoms with van der Waals surface area (Å²) < 4.78 is 14.5. The Morgan fingerprint density at radius 2 is 1.93 bits per heavy atom. The van der Waals surface area contributed by atoms with Gasteiger partial charge in [0.1, 0.15) is 11.0 Å². The van der Waals surface area contributed by atoms with Gasteiger partial charge in [-0.3, -0.25) is 14.5 Å². The molecule has 1 aromatic heterocycles. The molecule has 0 unspecified atom stereocenters. The SMILES string of the molecule is Cc1nn(-c2ccc(F)cc2)c(Cl)c1C(=O)NC1CCN(CC(N)=O)CC1. The van der Waals surface area contributed by atoms with Gasteiger partial charge in [0, 0.05) is 19.1 Å². The Morgan fingerprint density at radius 3 is 2.52 bits per heavy atom. The molecule has 1 aliphatic heterocycles. The molecule has 2 amide bonds. The highest BCUT2D eigenvalue weighted by molar-refractivity contribution is 6.33. The summed E-state index contributed by atoms with van der Waals surface area (Å²) in [5.74, 6) is -1.01. The van der Waals surface area contributed by atoms with Crippen LogP contribution in [0.4, 0.5) is 4.39 Å². The number of hydrogen-bond acceptors (Lipinski definition) is 4. The zero-order chi connectivity index (χ0) is 19.6. The van der Waals surface area contributed by atoms with Gasteiger partial charge in [-0.2, -0.15) is 5.10 Å². The molecule has 1 saturated heterocycles. The lowest BCUT2D eigenvalue weighted by molar-refractivity contribution is -0.119. The van der Waals surface area contributed by atoms with E-state index in [2.05, 4.69) is 10.4 Å². The number of primary amides is 1. The topological polar surface area (TPSA) is 93.2 Å². The van der Waals surface area contributed by atoms with Crippen molar-refractivity contribution >= 4 is 23.4 Å². The average molecular weight is 394 g/mol. The summed E-state index contributed by atoms with van der Waals surface area (Å²) in [7, 11) is 0. The second kappa shape index (κ2) is 8.06. The molecule has 0 bridgehead atoms. The van der Waals surface area contributed by atoms with Crippen LogP contribution in [0.5, 0.6) is 0 Å². The molecule has 2 heterocycles. The summed E-state index contributed by atoms with van der Waals surface area (Å²) in [6.07, 6.45) is 1.45. The summed E-state index contributed by atoms with van der Waals surface area (Å²) in [6.45, 7) is 3.32. The molecular weight excluding hydrogens is 373 g/mol. The summed E-state index contributed by atoms with van der Waals surface area (Å²) in [5, 5.41) is 7.48. The molecule has 1 fully saturated rings. The smallest absolute Gasteiger partial charge is 0.256 e.